The topological polar surface area (TPSA) is 61.8 Å². The first-order valence-electron chi connectivity index (χ1n) is 8.62. The molecule has 1 aliphatic carbocycles. The van der Waals surface area contributed by atoms with E-state index in [1.807, 2.05) is 24.3 Å². The van der Waals surface area contributed by atoms with E-state index < -0.39 is 0 Å². The molecule has 1 aliphatic heterocycles. The Morgan fingerprint density at radius 1 is 1.26 bits per heavy atom. The van der Waals surface area contributed by atoms with E-state index in [4.69, 9.17) is 4.74 Å². The summed E-state index contributed by atoms with van der Waals surface area (Å²) in [5, 5.41) is 12.4. The molecule has 0 aromatic heterocycles. The lowest BCUT2D eigenvalue weighted by Crippen LogP contribution is -2.42. The van der Waals surface area contributed by atoms with Crippen LogP contribution in [0.25, 0.3) is 0 Å². The minimum atomic E-state index is -0.141. The van der Waals surface area contributed by atoms with E-state index in [2.05, 4.69) is 12.2 Å². The van der Waals surface area contributed by atoms with E-state index in [1.54, 1.807) is 4.90 Å². The zero-order valence-electron chi connectivity index (χ0n) is 13.7. The highest BCUT2D eigenvalue weighted by Gasteiger charge is 2.33. The molecule has 1 saturated heterocycles. The predicted molar refractivity (Wildman–Crippen MR) is 89.7 cm³/mol. The van der Waals surface area contributed by atoms with E-state index in [1.165, 1.54) is 12.8 Å². The first-order valence-corrected chi connectivity index (χ1v) is 8.62. The molecular weight excluding hydrogens is 292 g/mol. The van der Waals surface area contributed by atoms with Crippen molar-refractivity contribution >= 4 is 11.7 Å². The Kier molecular flexibility index (Phi) is 5.06. The molecule has 1 aromatic rings. The summed E-state index contributed by atoms with van der Waals surface area (Å²) >= 11 is 0. The van der Waals surface area contributed by atoms with E-state index in [9.17, 15) is 9.90 Å². The number of anilines is 1. The quantitative estimate of drug-likeness (QED) is 0.896. The smallest absolute Gasteiger partial charge is 0.322 e. The van der Waals surface area contributed by atoms with Gasteiger partial charge >= 0.3 is 6.03 Å². The lowest BCUT2D eigenvalue weighted by Gasteiger charge is -2.25. The third-order valence-corrected chi connectivity index (χ3v) is 5.04. The van der Waals surface area contributed by atoms with Crippen LogP contribution in [0.5, 0.6) is 5.75 Å². The molecule has 0 unspecified atom stereocenters. The zero-order chi connectivity index (χ0) is 16.2. The van der Waals surface area contributed by atoms with Crippen LogP contribution >= 0.6 is 0 Å². The van der Waals surface area contributed by atoms with Gasteiger partial charge in [-0.3, -0.25) is 0 Å². The number of likely N-dealkylation sites (tertiary alicyclic amines) is 1. The van der Waals surface area contributed by atoms with Crippen LogP contribution in [-0.4, -0.2) is 41.3 Å². The van der Waals surface area contributed by atoms with Crippen molar-refractivity contribution in [3.63, 3.8) is 0 Å². The number of carbonyl (C=O) groups excluding carboxylic acids is 1. The Morgan fingerprint density at radius 2 is 1.96 bits per heavy atom. The van der Waals surface area contributed by atoms with Crippen molar-refractivity contribution in [1.29, 1.82) is 0 Å². The van der Waals surface area contributed by atoms with E-state index in [0.717, 1.165) is 30.7 Å². The lowest BCUT2D eigenvalue weighted by molar-refractivity contribution is 0.152. The molecule has 2 amide bonds. The molecule has 2 aliphatic rings. The Labute approximate surface area is 137 Å². The Hall–Kier alpha value is -1.75. The Morgan fingerprint density at radius 3 is 2.61 bits per heavy atom. The summed E-state index contributed by atoms with van der Waals surface area (Å²) < 4.78 is 5.93. The van der Waals surface area contributed by atoms with Gasteiger partial charge in [0, 0.05) is 12.2 Å². The first-order chi connectivity index (χ1) is 11.2. The summed E-state index contributed by atoms with van der Waals surface area (Å²) in [4.78, 5) is 14.1. The average molecular weight is 318 g/mol. The Balaban J connectivity index is 1.56. The van der Waals surface area contributed by atoms with Crippen LogP contribution < -0.4 is 10.1 Å². The number of hydrogen-bond donors (Lipinski definition) is 2. The molecule has 5 nitrogen and oxygen atoms in total. The number of rotatable bonds is 4. The summed E-state index contributed by atoms with van der Waals surface area (Å²) in [5.74, 6) is 1.20. The monoisotopic (exact) mass is 318 g/mol. The molecule has 1 saturated carbocycles. The summed E-state index contributed by atoms with van der Waals surface area (Å²) in [6.07, 6.45) is 6.04. The van der Waals surface area contributed by atoms with Crippen molar-refractivity contribution in [2.75, 3.05) is 18.5 Å². The second-order valence-electron chi connectivity index (χ2n) is 6.69. The lowest BCUT2D eigenvalue weighted by atomic mass is 10.0. The van der Waals surface area contributed by atoms with E-state index in [-0.39, 0.29) is 18.7 Å². The van der Waals surface area contributed by atoms with Crippen molar-refractivity contribution in [2.45, 2.75) is 51.2 Å². The van der Waals surface area contributed by atoms with Crippen molar-refractivity contribution < 1.29 is 14.6 Å². The fourth-order valence-electron chi connectivity index (χ4n) is 3.55. The van der Waals surface area contributed by atoms with Gasteiger partial charge in [0.05, 0.1) is 18.8 Å². The molecule has 0 radical (unpaired) electrons. The predicted octanol–water partition coefficient (Wildman–Crippen LogP) is 3.24. The fourth-order valence-corrected chi connectivity index (χ4v) is 3.55. The zero-order valence-corrected chi connectivity index (χ0v) is 13.7. The number of nitrogens with zero attached hydrogens (tertiary/aromatic N) is 1. The normalized spacial score (nSPS) is 24.9. The van der Waals surface area contributed by atoms with Gasteiger partial charge in [-0.2, -0.15) is 0 Å². The highest BCUT2D eigenvalue weighted by atomic mass is 16.5. The second kappa shape index (κ2) is 7.21. The van der Waals surface area contributed by atoms with E-state index in [0.29, 0.717) is 18.6 Å². The van der Waals surface area contributed by atoms with Gasteiger partial charge < -0.3 is 20.1 Å². The molecule has 1 heterocycles. The number of aliphatic hydroxyl groups is 1. The van der Waals surface area contributed by atoms with E-state index >= 15 is 0 Å². The molecular formula is C18H26N2O3. The van der Waals surface area contributed by atoms with Crippen LogP contribution in [0.3, 0.4) is 0 Å². The fraction of sp³-hybridized carbons (Fsp3) is 0.611. The van der Waals surface area contributed by atoms with Crippen LogP contribution in [0.15, 0.2) is 24.3 Å². The molecule has 5 heteroatoms. The van der Waals surface area contributed by atoms with Crippen LogP contribution in [0.4, 0.5) is 10.5 Å². The minimum absolute atomic E-state index is 0.0166. The van der Waals surface area contributed by atoms with Gasteiger partial charge in [0.15, 0.2) is 0 Å². The molecule has 126 valence electrons. The first kappa shape index (κ1) is 16.1. The van der Waals surface area contributed by atoms with Crippen molar-refractivity contribution in [1.82, 2.24) is 4.90 Å². The summed E-state index contributed by atoms with van der Waals surface area (Å²) in [6.45, 7) is 2.78. The third kappa shape index (κ3) is 3.78. The van der Waals surface area contributed by atoms with Crippen molar-refractivity contribution in [2.24, 2.45) is 5.92 Å². The maximum absolute atomic E-state index is 12.4. The minimum Gasteiger partial charge on any atom is -0.490 e. The molecule has 2 fully saturated rings. The molecule has 2 N–H and O–H groups in total. The number of ether oxygens (including phenoxy) is 1. The van der Waals surface area contributed by atoms with Gasteiger partial charge in [0.2, 0.25) is 0 Å². The number of aliphatic hydroxyl groups excluding tert-OH is 1. The largest absolute Gasteiger partial charge is 0.490 e. The highest BCUT2D eigenvalue weighted by molar-refractivity contribution is 5.89. The third-order valence-electron chi connectivity index (χ3n) is 5.04. The summed E-state index contributed by atoms with van der Waals surface area (Å²) in [6, 6.07) is 7.33. The maximum Gasteiger partial charge on any atom is 0.322 e. The van der Waals surface area contributed by atoms with Gasteiger partial charge in [0.1, 0.15) is 5.75 Å². The van der Waals surface area contributed by atoms with Gasteiger partial charge in [0.25, 0.3) is 0 Å². The highest BCUT2D eigenvalue weighted by Crippen LogP contribution is 2.26. The summed E-state index contributed by atoms with van der Waals surface area (Å²) in [5.41, 5.74) is 0.755. The maximum atomic E-state index is 12.4. The van der Waals surface area contributed by atoms with Gasteiger partial charge in [-0.1, -0.05) is 6.92 Å². The SMILES string of the molecule is C[C@H]1CCN(C(=O)Nc2ccc(OC3CCCC3)cc2)[C@@H]1CO. The molecule has 2 atom stereocenters. The van der Waals surface area contributed by atoms with Gasteiger partial charge in [-0.15, -0.1) is 0 Å². The van der Waals surface area contributed by atoms with Crippen LogP contribution in [0.1, 0.15) is 39.0 Å². The summed E-state index contributed by atoms with van der Waals surface area (Å²) in [7, 11) is 0. The van der Waals surface area contributed by atoms with Crippen LogP contribution in [0.2, 0.25) is 0 Å². The molecule has 3 rings (SSSR count). The molecule has 1 aromatic carbocycles. The second-order valence-corrected chi connectivity index (χ2v) is 6.69. The number of nitrogens with one attached hydrogen (secondary N) is 1. The average Bonchev–Trinajstić information content (AvgIpc) is 3.18. The number of carbonyl (C=O) groups is 1. The number of amides is 2. The van der Waals surface area contributed by atoms with Gasteiger partial charge in [-0.05, 0) is 62.3 Å². The molecule has 0 spiro atoms. The van der Waals surface area contributed by atoms with Gasteiger partial charge in [-0.25, -0.2) is 4.79 Å². The van der Waals surface area contributed by atoms with Crippen molar-refractivity contribution in [3.8, 4) is 5.75 Å². The number of hydrogen-bond acceptors (Lipinski definition) is 3. The molecule has 0 bridgehead atoms. The number of benzene rings is 1. The van der Waals surface area contributed by atoms with Crippen LogP contribution in [0, 0.1) is 5.92 Å². The van der Waals surface area contributed by atoms with Crippen LogP contribution in [-0.2, 0) is 0 Å². The van der Waals surface area contributed by atoms with Crippen molar-refractivity contribution in [3.05, 3.63) is 24.3 Å². The standard InChI is InChI=1S/C18H26N2O3/c1-13-10-11-20(17(13)12-21)18(22)19-14-6-8-16(9-7-14)23-15-4-2-3-5-15/h6-9,13,15,17,21H,2-5,10-12H2,1H3,(H,19,22)/t13-,17+/m0/s1. The molecule has 23 heavy (non-hydrogen) atoms. The Bertz CT molecular complexity index is 526. The number of urea groups is 1.